The van der Waals surface area contributed by atoms with Gasteiger partial charge in [0.05, 0.1) is 11.4 Å². The molecule has 0 N–H and O–H groups in total. The van der Waals surface area contributed by atoms with Crippen molar-refractivity contribution < 1.29 is 14.0 Å². The summed E-state index contributed by atoms with van der Waals surface area (Å²) < 4.78 is 13.4. The van der Waals surface area contributed by atoms with Crippen molar-refractivity contribution in [2.24, 2.45) is 4.99 Å². The Morgan fingerprint density at radius 3 is 2.28 bits per heavy atom. The Balaban J connectivity index is 1.59. The van der Waals surface area contributed by atoms with Crippen LogP contribution in [0.3, 0.4) is 0 Å². The van der Waals surface area contributed by atoms with E-state index in [-0.39, 0.29) is 23.3 Å². The summed E-state index contributed by atoms with van der Waals surface area (Å²) in [4.78, 5) is 33.3. The van der Waals surface area contributed by atoms with Gasteiger partial charge in [0.25, 0.3) is 5.91 Å². The number of benzene rings is 3. The van der Waals surface area contributed by atoms with Crippen LogP contribution in [0.25, 0.3) is 6.08 Å². The van der Waals surface area contributed by atoms with Crippen LogP contribution in [0.4, 0.5) is 15.8 Å². The number of amides is 2. The van der Waals surface area contributed by atoms with Crippen molar-refractivity contribution in [2.45, 2.75) is 0 Å². The number of halogens is 1. The van der Waals surface area contributed by atoms with Gasteiger partial charge < -0.3 is 4.90 Å². The van der Waals surface area contributed by atoms with Gasteiger partial charge in [0.15, 0.2) is 5.17 Å². The molecule has 0 spiro atoms. The first-order chi connectivity index (χ1) is 15.5. The number of nitrogens with zero attached hydrogens (tertiary/aromatic N) is 3. The molecule has 0 aromatic heterocycles. The molecule has 7 heteroatoms. The second kappa shape index (κ2) is 9.62. The van der Waals surface area contributed by atoms with E-state index in [1.165, 1.54) is 40.9 Å². The summed E-state index contributed by atoms with van der Waals surface area (Å²) in [6.07, 6.45) is 1.70. The normalized spacial score (nSPS) is 14.6. The Morgan fingerprint density at radius 1 is 1.00 bits per heavy atom. The van der Waals surface area contributed by atoms with Gasteiger partial charge in [0.2, 0.25) is 5.91 Å². The molecule has 2 amide bonds. The van der Waals surface area contributed by atoms with E-state index in [2.05, 4.69) is 4.99 Å². The topological polar surface area (TPSA) is 53.0 Å². The SMILES string of the molecule is CN(C(=O)CSC1=N/C(=C\c2ccccc2)C(=O)N1c1ccc(F)cc1)c1ccccc1. The average Bonchev–Trinajstić information content (AvgIpc) is 3.13. The van der Waals surface area contributed by atoms with E-state index in [1.54, 1.807) is 18.0 Å². The largest absolute Gasteiger partial charge is 0.315 e. The number of carbonyl (C=O) groups excluding carboxylic acids is 2. The van der Waals surface area contributed by atoms with Crippen LogP contribution in [-0.2, 0) is 9.59 Å². The minimum atomic E-state index is -0.397. The van der Waals surface area contributed by atoms with E-state index in [1.807, 2.05) is 60.7 Å². The lowest BCUT2D eigenvalue weighted by Gasteiger charge is -2.20. The Morgan fingerprint density at radius 2 is 1.62 bits per heavy atom. The fourth-order valence-corrected chi connectivity index (χ4v) is 4.06. The molecule has 0 saturated heterocycles. The van der Waals surface area contributed by atoms with E-state index in [9.17, 15) is 14.0 Å². The first-order valence-electron chi connectivity index (χ1n) is 9.93. The van der Waals surface area contributed by atoms with Crippen molar-refractivity contribution in [2.75, 3.05) is 22.6 Å². The molecule has 1 heterocycles. The van der Waals surface area contributed by atoms with E-state index >= 15 is 0 Å². The third-order valence-electron chi connectivity index (χ3n) is 4.86. The zero-order valence-corrected chi connectivity index (χ0v) is 18.1. The van der Waals surface area contributed by atoms with Crippen molar-refractivity contribution in [1.29, 1.82) is 0 Å². The fraction of sp³-hybridized carbons (Fsp3) is 0.0800. The molecule has 0 fully saturated rings. The van der Waals surface area contributed by atoms with Gasteiger partial charge in [0.1, 0.15) is 11.5 Å². The van der Waals surface area contributed by atoms with Crippen LogP contribution >= 0.6 is 11.8 Å². The molecular weight excluding hydrogens is 425 g/mol. The maximum atomic E-state index is 13.4. The second-order valence-electron chi connectivity index (χ2n) is 7.03. The minimum absolute atomic E-state index is 0.0911. The Hall–Kier alpha value is -3.71. The van der Waals surface area contributed by atoms with Crippen molar-refractivity contribution in [3.8, 4) is 0 Å². The molecule has 0 atom stereocenters. The molecule has 1 aliphatic rings. The monoisotopic (exact) mass is 445 g/mol. The summed E-state index contributed by atoms with van der Waals surface area (Å²) in [5.41, 5.74) is 2.36. The van der Waals surface area contributed by atoms with E-state index < -0.39 is 5.82 Å². The third kappa shape index (κ3) is 4.78. The standard InChI is InChI=1S/C25H20FN3O2S/c1-28(20-10-6-3-7-11-20)23(30)17-32-25-27-22(16-18-8-4-2-5-9-18)24(31)29(25)21-14-12-19(26)13-15-21/h2-16H,17H2,1H3/b22-16-. The molecule has 0 bridgehead atoms. The number of thioether (sulfide) groups is 1. The van der Waals surface area contributed by atoms with Gasteiger partial charge in [-0.05, 0) is 48.0 Å². The Kier molecular flexibility index (Phi) is 6.47. The smallest absolute Gasteiger partial charge is 0.283 e. The highest BCUT2D eigenvalue weighted by atomic mass is 32.2. The van der Waals surface area contributed by atoms with Gasteiger partial charge in [0, 0.05) is 12.7 Å². The summed E-state index contributed by atoms with van der Waals surface area (Å²) in [5, 5.41) is 0.374. The van der Waals surface area contributed by atoms with Crippen LogP contribution in [0.2, 0.25) is 0 Å². The number of hydrogen-bond acceptors (Lipinski definition) is 4. The molecule has 0 aliphatic carbocycles. The van der Waals surface area contributed by atoms with Gasteiger partial charge >= 0.3 is 0 Å². The number of para-hydroxylation sites is 1. The Bertz CT molecular complexity index is 1180. The lowest BCUT2D eigenvalue weighted by atomic mass is 10.2. The number of amidine groups is 1. The molecule has 0 radical (unpaired) electrons. The maximum Gasteiger partial charge on any atom is 0.283 e. The number of carbonyl (C=O) groups is 2. The quantitative estimate of drug-likeness (QED) is 0.522. The van der Waals surface area contributed by atoms with E-state index in [0.717, 1.165) is 11.3 Å². The van der Waals surface area contributed by atoms with Gasteiger partial charge in [-0.3, -0.25) is 14.5 Å². The molecule has 3 aromatic carbocycles. The summed E-state index contributed by atoms with van der Waals surface area (Å²) in [5.74, 6) is -0.762. The summed E-state index contributed by atoms with van der Waals surface area (Å²) in [6, 6.07) is 24.3. The van der Waals surface area contributed by atoms with Crippen molar-refractivity contribution in [1.82, 2.24) is 0 Å². The van der Waals surface area contributed by atoms with E-state index in [0.29, 0.717) is 10.9 Å². The number of hydrogen-bond donors (Lipinski definition) is 0. The maximum absolute atomic E-state index is 13.4. The van der Waals surface area contributed by atoms with E-state index in [4.69, 9.17) is 0 Å². The number of rotatable bonds is 5. The zero-order chi connectivity index (χ0) is 22.5. The highest BCUT2D eigenvalue weighted by Gasteiger charge is 2.32. The lowest BCUT2D eigenvalue weighted by Crippen LogP contribution is -2.33. The van der Waals surface area contributed by atoms with Crippen molar-refractivity contribution in [3.05, 3.63) is 102 Å². The second-order valence-corrected chi connectivity index (χ2v) is 7.97. The summed E-state index contributed by atoms with van der Waals surface area (Å²) in [7, 11) is 1.71. The molecule has 4 rings (SSSR count). The molecule has 1 aliphatic heterocycles. The van der Waals surface area contributed by atoms with Gasteiger partial charge in [-0.25, -0.2) is 9.38 Å². The molecule has 3 aromatic rings. The number of aliphatic imine (C=N–C) groups is 1. The van der Waals surface area contributed by atoms with Crippen molar-refractivity contribution in [3.63, 3.8) is 0 Å². The fourth-order valence-electron chi connectivity index (χ4n) is 3.14. The molecule has 0 saturated carbocycles. The van der Waals surface area contributed by atoms with Crippen LogP contribution in [-0.4, -0.2) is 29.8 Å². The minimum Gasteiger partial charge on any atom is -0.315 e. The first kappa shape index (κ1) is 21.5. The van der Waals surface area contributed by atoms with Gasteiger partial charge in [-0.15, -0.1) is 0 Å². The molecule has 160 valence electrons. The highest BCUT2D eigenvalue weighted by molar-refractivity contribution is 8.14. The molecule has 32 heavy (non-hydrogen) atoms. The average molecular weight is 446 g/mol. The summed E-state index contributed by atoms with van der Waals surface area (Å²) >= 11 is 1.17. The number of anilines is 2. The summed E-state index contributed by atoms with van der Waals surface area (Å²) in [6.45, 7) is 0. The molecule has 0 unspecified atom stereocenters. The van der Waals surface area contributed by atoms with Crippen LogP contribution in [0.15, 0.2) is 95.6 Å². The van der Waals surface area contributed by atoms with Crippen molar-refractivity contribution >= 4 is 46.2 Å². The van der Waals surface area contributed by atoms with Crippen LogP contribution in [0.5, 0.6) is 0 Å². The van der Waals surface area contributed by atoms with Crippen LogP contribution in [0, 0.1) is 5.82 Å². The first-order valence-corrected chi connectivity index (χ1v) is 10.9. The highest BCUT2D eigenvalue weighted by Crippen LogP contribution is 2.30. The lowest BCUT2D eigenvalue weighted by molar-refractivity contribution is -0.116. The predicted octanol–water partition coefficient (Wildman–Crippen LogP) is 4.97. The van der Waals surface area contributed by atoms with Gasteiger partial charge in [-0.1, -0.05) is 60.3 Å². The Labute approximate surface area is 189 Å². The van der Waals surface area contributed by atoms with Gasteiger partial charge in [-0.2, -0.15) is 0 Å². The molecule has 5 nitrogen and oxygen atoms in total. The molecular formula is C25H20FN3O2S. The van der Waals surface area contributed by atoms with Crippen LogP contribution in [0.1, 0.15) is 5.56 Å². The van der Waals surface area contributed by atoms with Crippen LogP contribution < -0.4 is 9.80 Å². The predicted molar refractivity (Wildman–Crippen MR) is 128 cm³/mol. The zero-order valence-electron chi connectivity index (χ0n) is 17.3. The third-order valence-corrected chi connectivity index (χ3v) is 5.78.